The van der Waals surface area contributed by atoms with Gasteiger partial charge in [0.05, 0.1) is 11.7 Å². The van der Waals surface area contributed by atoms with E-state index in [1.54, 1.807) is 0 Å². The number of rotatable bonds is 5. The standard InChI is InChI=1S/C31H37ClN6O/c1-22-33-13-15-36(22)14-11-23-20-24-21-25(32)9-10-28(24)30(29-27(23)8-5-12-34-29)37-16-18-38(19-17-37)31(39)35-26-6-3-2-4-7-26/h5,8-10,12-13,15,20-21,26,30H,2-4,6-7,11,14,16-19H2,1H3,(H,35,39). The molecule has 1 saturated carbocycles. The van der Waals surface area contributed by atoms with Gasteiger partial charge in [0.15, 0.2) is 0 Å². The monoisotopic (exact) mass is 544 g/mol. The number of nitrogens with zero attached hydrogens (tertiary/aromatic N) is 5. The van der Waals surface area contributed by atoms with Gasteiger partial charge in [-0.05, 0) is 61.1 Å². The van der Waals surface area contributed by atoms with E-state index in [1.165, 1.54) is 36.0 Å². The van der Waals surface area contributed by atoms with Crippen LogP contribution in [0.25, 0.3) is 11.6 Å². The van der Waals surface area contributed by atoms with Crippen LogP contribution in [-0.4, -0.2) is 62.6 Å². The summed E-state index contributed by atoms with van der Waals surface area (Å²) in [6, 6.07) is 10.9. The maximum atomic E-state index is 13.0. The first-order valence-corrected chi connectivity index (χ1v) is 14.7. The highest BCUT2D eigenvalue weighted by Gasteiger charge is 2.34. The van der Waals surface area contributed by atoms with Crippen molar-refractivity contribution < 1.29 is 4.79 Å². The van der Waals surface area contributed by atoms with Crippen molar-refractivity contribution in [3.05, 3.63) is 82.2 Å². The van der Waals surface area contributed by atoms with Crippen molar-refractivity contribution in [3.8, 4) is 0 Å². The predicted octanol–water partition coefficient (Wildman–Crippen LogP) is 5.93. The van der Waals surface area contributed by atoms with E-state index in [9.17, 15) is 4.79 Å². The topological polar surface area (TPSA) is 66.3 Å². The average Bonchev–Trinajstić information content (AvgIpc) is 3.31. The molecular formula is C31H37ClN6O. The summed E-state index contributed by atoms with van der Waals surface area (Å²) in [5.74, 6) is 1.02. The van der Waals surface area contributed by atoms with Crippen LogP contribution in [0.15, 0.2) is 48.9 Å². The molecule has 3 heterocycles. The Bertz CT molecular complexity index is 1350. The van der Waals surface area contributed by atoms with Crippen LogP contribution >= 0.6 is 11.6 Å². The Morgan fingerprint density at radius 3 is 2.64 bits per heavy atom. The van der Waals surface area contributed by atoms with Gasteiger partial charge in [-0.15, -0.1) is 0 Å². The molecule has 0 bridgehead atoms. The zero-order valence-corrected chi connectivity index (χ0v) is 23.4. The van der Waals surface area contributed by atoms with Crippen LogP contribution in [0.5, 0.6) is 0 Å². The van der Waals surface area contributed by atoms with Gasteiger partial charge < -0.3 is 14.8 Å². The number of benzene rings is 1. The molecule has 3 aliphatic rings. The van der Waals surface area contributed by atoms with Crippen molar-refractivity contribution in [2.24, 2.45) is 0 Å². The number of imidazole rings is 1. The predicted molar refractivity (Wildman–Crippen MR) is 156 cm³/mol. The van der Waals surface area contributed by atoms with Gasteiger partial charge in [-0.1, -0.05) is 49.1 Å². The summed E-state index contributed by atoms with van der Waals surface area (Å²) in [6.07, 6.45) is 14.9. The van der Waals surface area contributed by atoms with Crippen molar-refractivity contribution in [2.75, 3.05) is 26.2 Å². The summed E-state index contributed by atoms with van der Waals surface area (Å²) >= 11 is 6.51. The van der Waals surface area contributed by atoms with Crippen molar-refractivity contribution in [3.63, 3.8) is 0 Å². The van der Waals surface area contributed by atoms with Crippen molar-refractivity contribution in [1.82, 2.24) is 29.7 Å². The Morgan fingerprint density at radius 1 is 1.05 bits per heavy atom. The van der Waals surface area contributed by atoms with Gasteiger partial charge in [0.1, 0.15) is 5.82 Å². The molecule has 1 aliphatic heterocycles. The second-order valence-electron chi connectivity index (χ2n) is 11.0. The van der Waals surface area contributed by atoms with Gasteiger partial charge in [-0.25, -0.2) is 9.78 Å². The van der Waals surface area contributed by atoms with Crippen LogP contribution in [0.1, 0.15) is 72.8 Å². The average molecular weight is 545 g/mol. The number of carbonyl (C=O) groups is 1. The Labute approximate surface area is 235 Å². The maximum Gasteiger partial charge on any atom is 0.317 e. The number of hydrogen-bond acceptors (Lipinski definition) is 4. The van der Waals surface area contributed by atoms with Crippen LogP contribution in [0.4, 0.5) is 4.79 Å². The summed E-state index contributed by atoms with van der Waals surface area (Å²) in [5, 5.41) is 4.03. The lowest BCUT2D eigenvalue weighted by Crippen LogP contribution is -2.54. The molecule has 39 heavy (non-hydrogen) atoms. The van der Waals surface area contributed by atoms with E-state index in [-0.39, 0.29) is 12.1 Å². The van der Waals surface area contributed by atoms with Crippen LogP contribution in [0, 0.1) is 6.92 Å². The van der Waals surface area contributed by atoms with E-state index in [1.807, 2.05) is 42.5 Å². The number of allylic oxidation sites excluding steroid dienone is 1. The molecular weight excluding hydrogens is 508 g/mol. The van der Waals surface area contributed by atoms with Gasteiger partial charge in [-0.3, -0.25) is 9.88 Å². The lowest BCUT2D eigenvalue weighted by atomic mass is 9.95. The van der Waals surface area contributed by atoms with Crippen molar-refractivity contribution in [2.45, 2.75) is 64.1 Å². The van der Waals surface area contributed by atoms with Gasteiger partial charge in [0, 0.05) is 67.9 Å². The third kappa shape index (κ3) is 5.61. The lowest BCUT2D eigenvalue weighted by molar-refractivity contribution is 0.116. The molecule has 2 amide bonds. The number of amides is 2. The molecule has 2 aromatic heterocycles. The molecule has 0 radical (unpaired) electrons. The number of nitrogens with one attached hydrogen (secondary N) is 1. The fourth-order valence-corrected chi connectivity index (χ4v) is 6.57. The van der Waals surface area contributed by atoms with Crippen molar-refractivity contribution in [1.29, 1.82) is 0 Å². The molecule has 6 rings (SSSR count). The molecule has 8 heteroatoms. The summed E-state index contributed by atoms with van der Waals surface area (Å²) < 4.78 is 2.19. The summed E-state index contributed by atoms with van der Waals surface area (Å²) in [6.45, 7) is 5.90. The molecule has 204 valence electrons. The number of halogens is 1. The number of aryl methyl sites for hydroxylation is 2. The van der Waals surface area contributed by atoms with Crippen LogP contribution in [0.2, 0.25) is 5.02 Å². The van der Waals surface area contributed by atoms with Gasteiger partial charge in [0.2, 0.25) is 0 Å². The van der Waals surface area contributed by atoms with Gasteiger partial charge in [-0.2, -0.15) is 0 Å². The molecule has 2 fully saturated rings. The lowest BCUT2D eigenvalue weighted by Gasteiger charge is -2.40. The minimum absolute atomic E-state index is 0.000698. The van der Waals surface area contributed by atoms with E-state index >= 15 is 0 Å². The first-order valence-electron chi connectivity index (χ1n) is 14.3. The van der Waals surface area contributed by atoms with E-state index in [4.69, 9.17) is 16.6 Å². The number of aromatic nitrogens is 3. The van der Waals surface area contributed by atoms with Crippen molar-refractivity contribution >= 4 is 29.3 Å². The molecule has 0 spiro atoms. The van der Waals surface area contributed by atoms with Crippen LogP contribution in [-0.2, 0) is 6.54 Å². The number of carbonyl (C=O) groups excluding carboxylic acids is 1. The second-order valence-corrected chi connectivity index (χ2v) is 11.4. The first-order chi connectivity index (χ1) is 19.1. The number of fused-ring (bicyclic) bond motifs is 2. The molecule has 1 aromatic carbocycles. The Morgan fingerprint density at radius 2 is 1.87 bits per heavy atom. The third-order valence-corrected chi connectivity index (χ3v) is 8.80. The minimum atomic E-state index is 0.000698. The molecule has 7 nitrogen and oxygen atoms in total. The fraction of sp³-hybridized carbons (Fsp3) is 0.452. The zero-order chi connectivity index (χ0) is 26.8. The van der Waals surface area contributed by atoms with E-state index in [0.29, 0.717) is 19.1 Å². The number of urea groups is 1. The highest BCUT2D eigenvalue weighted by molar-refractivity contribution is 6.30. The van der Waals surface area contributed by atoms with E-state index < -0.39 is 0 Å². The van der Waals surface area contributed by atoms with Gasteiger partial charge >= 0.3 is 6.03 Å². The fourth-order valence-electron chi connectivity index (χ4n) is 6.39. The van der Waals surface area contributed by atoms with E-state index in [2.05, 4.69) is 44.0 Å². The SMILES string of the molecule is Cc1nccn1CCC1=Cc2cc(Cl)ccc2C(N2CCN(C(=O)NC3CCCCC3)CC2)c2ncccc21. The quantitative estimate of drug-likeness (QED) is 0.432. The third-order valence-electron chi connectivity index (χ3n) is 8.56. The number of hydrogen-bond donors (Lipinski definition) is 1. The maximum absolute atomic E-state index is 13.0. The van der Waals surface area contributed by atoms with Crippen LogP contribution in [0.3, 0.4) is 0 Å². The molecule has 1 saturated heterocycles. The second kappa shape index (κ2) is 11.5. The Balaban J connectivity index is 1.25. The van der Waals surface area contributed by atoms with Crippen LogP contribution < -0.4 is 5.32 Å². The number of piperazine rings is 1. The molecule has 3 aromatic rings. The highest BCUT2D eigenvalue weighted by Crippen LogP contribution is 2.41. The summed E-state index contributed by atoms with van der Waals surface area (Å²) in [5.41, 5.74) is 5.87. The highest BCUT2D eigenvalue weighted by atomic mass is 35.5. The molecule has 1 atom stereocenters. The summed E-state index contributed by atoms with van der Waals surface area (Å²) in [4.78, 5) is 26.9. The zero-order valence-electron chi connectivity index (χ0n) is 22.7. The smallest absolute Gasteiger partial charge is 0.317 e. The minimum Gasteiger partial charge on any atom is -0.335 e. The molecule has 2 aliphatic carbocycles. The largest absolute Gasteiger partial charge is 0.335 e. The normalized spacial score (nSPS) is 20.1. The number of pyridine rings is 1. The Kier molecular flexibility index (Phi) is 7.71. The summed E-state index contributed by atoms with van der Waals surface area (Å²) in [7, 11) is 0. The van der Waals surface area contributed by atoms with E-state index in [0.717, 1.165) is 61.0 Å². The Hall–Kier alpha value is -3.16. The van der Waals surface area contributed by atoms with Gasteiger partial charge in [0.25, 0.3) is 0 Å². The molecule has 1 unspecified atom stereocenters. The first kappa shape index (κ1) is 26.1. The molecule has 1 N–H and O–H groups in total.